The Balaban J connectivity index is 1.41. The van der Waals surface area contributed by atoms with E-state index < -0.39 is 0 Å². The van der Waals surface area contributed by atoms with Gasteiger partial charge < -0.3 is 14.3 Å². The number of anilines is 1. The minimum atomic E-state index is -0.295. The van der Waals surface area contributed by atoms with E-state index in [-0.39, 0.29) is 17.2 Å². The summed E-state index contributed by atoms with van der Waals surface area (Å²) >= 11 is 1.43. The molecule has 3 heterocycles. The van der Waals surface area contributed by atoms with E-state index in [1.54, 1.807) is 25.4 Å². The number of hydrogen-bond acceptors (Lipinski definition) is 5. The van der Waals surface area contributed by atoms with Crippen LogP contribution < -0.4 is 10.9 Å². The van der Waals surface area contributed by atoms with Gasteiger partial charge in [0.05, 0.1) is 11.8 Å². The van der Waals surface area contributed by atoms with Crippen molar-refractivity contribution >= 4 is 33.1 Å². The molecule has 0 aliphatic heterocycles. The van der Waals surface area contributed by atoms with Crippen LogP contribution >= 0.6 is 11.3 Å². The highest BCUT2D eigenvalue weighted by Crippen LogP contribution is 2.32. The molecule has 0 bridgehead atoms. The van der Waals surface area contributed by atoms with E-state index in [0.717, 1.165) is 21.5 Å². The molecule has 5 aromatic rings. The molecule has 0 spiro atoms. The van der Waals surface area contributed by atoms with Gasteiger partial charge >= 0.3 is 0 Å². The Morgan fingerprint density at radius 3 is 2.48 bits per heavy atom. The maximum Gasteiger partial charge on any atom is 0.291 e. The Morgan fingerprint density at radius 1 is 1.03 bits per heavy atom. The minimum absolute atomic E-state index is 0.223. The van der Waals surface area contributed by atoms with Gasteiger partial charge in [0, 0.05) is 17.1 Å². The smallest absolute Gasteiger partial charge is 0.291 e. The fraction of sp³-hybridized carbons (Fsp3) is 0.115. The first kappa shape index (κ1) is 20.9. The fourth-order valence-corrected chi connectivity index (χ4v) is 4.68. The number of carbonyl (C=O) groups excluding carboxylic acids is 1. The van der Waals surface area contributed by atoms with Gasteiger partial charge in [0.15, 0.2) is 5.76 Å². The second kappa shape index (κ2) is 8.52. The van der Waals surface area contributed by atoms with Crippen LogP contribution in [0.1, 0.15) is 27.4 Å². The summed E-state index contributed by atoms with van der Waals surface area (Å²) in [7, 11) is 0. The zero-order valence-corrected chi connectivity index (χ0v) is 19.0. The van der Waals surface area contributed by atoms with Crippen molar-refractivity contribution in [1.82, 2.24) is 9.55 Å². The first-order valence-corrected chi connectivity index (χ1v) is 11.3. The third kappa shape index (κ3) is 4.36. The number of nitrogens with one attached hydrogen (secondary N) is 1. The van der Waals surface area contributed by atoms with Gasteiger partial charge in [-0.15, -0.1) is 11.3 Å². The number of fused-ring (bicyclic) bond motifs is 1. The van der Waals surface area contributed by atoms with Crippen LogP contribution in [0, 0.1) is 13.8 Å². The van der Waals surface area contributed by atoms with E-state index >= 15 is 0 Å². The van der Waals surface area contributed by atoms with Gasteiger partial charge in [-0.25, -0.2) is 0 Å². The maximum absolute atomic E-state index is 12.4. The van der Waals surface area contributed by atoms with Crippen molar-refractivity contribution in [1.29, 1.82) is 0 Å². The summed E-state index contributed by atoms with van der Waals surface area (Å²) in [6, 6.07) is 21.3. The van der Waals surface area contributed by atoms with Crippen LogP contribution in [0.4, 0.5) is 5.69 Å². The predicted molar refractivity (Wildman–Crippen MR) is 131 cm³/mol. The highest BCUT2D eigenvalue weighted by Gasteiger charge is 2.13. The molecular weight excluding hydrogens is 434 g/mol. The summed E-state index contributed by atoms with van der Waals surface area (Å²) in [5.74, 6) is 0.665. The van der Waals surface area contributed by atoms with Gasteiger partial charge in [0.25, 0.3) is 11.5 Å². The molecule has 0 radical (unpaired) electrons. The highest BCUT2D eigenvalue weighted by atomic mass is 32.1. The number of nitrogens with zero attached hydrogens (tertiary/aromatic N) is 2. The Bertz CT molecular complexity index is 1510. The van der Waals surface area contributed by atoms with Gasteiger partial charge in [-0.3, -0.25) is 9.59 Å². The van der Waals surface area contributed by atoms with Crippen molar-refractivity contribution in [3.05, 3.63) is 106 Å². The van der Waals surface area contributed by atoms with E-state index in [9.17, 15) is 9.59 Å². The van der Waals surface area contributed by atoms with Crippen molar-refractivity contribution in [2.45, 2.75) is 20.4 Å². The summed E-state index contributed by atoms with van der Waals surface area (Å²) < 4.78 is 8.00. The van der Waals surface area contributed by atoms with E-state index in [1.807, 2.05) is 34.9 Å². The van der Waals surface area contributed by atoms with Gasteiger partial charge in [0.2, 0.25) is 0 Å². The lowest BCUT2D eigenvalue weighted by atomic mass is 10.1. The van der Waals surface area contributed by atoms with Crippen molar-refractivity contribution < 1.29 is 9.21 Å². The first-order valence-electron chi connectivity index (χ1n) is 10.5. The molecule has 5 rings (SSSR count). The average Bonchev–Trinajstić information content (AvgIpc) is 3.45. The van der Waals surface area contributed by atoms with E-state index in [4.69, 9.17) is 4.42 Å². The second-order valence-electron chi connectivity index (χ2n) is 7.93. The molecule has 1 amide bonds. The van der Waals surface area contributed by atoms with Crippen LogP contribution in [0.5, 0.6) is 0 Å². The maximum atomic E-state index is 12.4. The van der Waals surface area contributed by atoms with Gasteiger partial charge in [-0.1, -0.05) is 42.0 Å². The normalized spacial score (nSPS) is 11.1. The quantitative estimate of drug-likeness (QED) is 0.372. The Labute approximate surface area is 194 Å². The molecular formula is C26H21N3O3S. The van der Waals surface area contributed by atoms with Gasteiger partial charge in [0.1, 0.15) is 10.5 Å². The number of rotatable bonds is 5. The van der Waals surface area contributed by atoms with Crippen LogP contribution in [0.2, 0.25) is 0 Å². The SMILES string of the molecule is Cc1ccc(Cn2cnc(=O)c3sc(-c4ccc(NC(=O)c5ccc(C)o5)cc4)cc32)cc1. The first-order chi connectivity index (χ1) is 16.0. The van der Waals surface area contributed by atoms with Crippen molar-refractivity contribution in [3.8, 4) is 10.4 Å². The molecule has 0 fully saturated rings. The van der Waals surface area contributed by atoms with E-state index in [2.05, 4.69) is 41.5 Å². The van der Waals surface area contributed by atoms with Gasteiger partial charge in [-0.05, 0) is 55.3 Å². The number of amides is 1. The highest BCUT2D eigenvalue weighted by molar-refractivity contribution is 7.22. The van der Waals surface area contributed by atoms with Crippen LogP contribution in [-0.2, 0) is 6.54 Å². The zero-order chi connectivity index (χ0) is 22.9. The number of benzene rings is 2. The Kier molecular flexibility index (Phi) is 5.40. The third-order valence-corrected chi connectivity index (χ3v) is 6.56. The molecule has 2 aromatic carbocycles. The summed E-state index contributed by atoms with van der Waals surface area (Å²) in [4.78, 5) is 29.7. The summed E-state index contributed by atoms with van der Waals surface area (Å²) in [5, 5.41) is 2.83. The van der Waals surface area contributed by atoms with Crippen molar-refractivity contribution in [3.63, 3.8) is 0 Å². The Hall–Kier alpha value is -3.97. The van der Waals surface area contributed by atoms with Crippen LogP contribution in [0.3, 0.4) is 0 Å². The fourth-order valence-electron chi connectivity index (χ4n) is 3.62. The number of carbonyl (C=O) groups is 1. The summed E-state index contributed by atoms with van der Waals surface area (Å²) in [6.07, 6.45) is 1.61. The molecule has 0 saturated carbocycles. The minimum Gasteiger partial charge on any atom is -0.456 e. The number of aryl methyl sites for hydroxylation is 2. The molecule has 164 valence electrons. The molecule has 0 aliphatic carbocycles. The summed E-state index contributed by atoms with van der Waals surface area (Å²) in [5.41, 5.74) is 4.62. The summed E-state index contributed by atoms with van der Waals surface area (Å²) in [6.45, 7) is 4.49. The molecule has 0 atom stereocenters. The lowest BCUT2D eigenvalue weighted by Crippen LogP contribution is -2.11. The topological polar surface area (TPSA) is 77.1 Å². The zero-order valence-electron chi connectivity index (χ0n) is 18.2. The van der Waals surface area contributed by atoms with Crippen molar-refractivity contribution in [2.75, 3.05) is 5.32 Å². The van der Waals surface area contributed by atoms with E-state index in [0.29, 0.717) is 22.7 Å². The van der Waals surface area contributed by atoms with E-state index in [1.165, 1.54) is 16.9 Å². The van der Waals surface area contributed by atoms with Gasteiger partial charge in [-0.2, -0.15) is 4.98 Å². The lowest BCUT2D eigenvalue weighted by Gasteiger charge is -2.08. The molecule has 0 aliphatic rings. The van der Waals surface area contributed by atoms with Crippen molar-refractivity contribution in [2.24, 2.45) is 0 Å². The number of aromatic nitrogens is 2. The molecule has 6 nitrogen and oxygen atoms in total. The molecule has 33 heavy (non-hydrogen) atoms. The molecule has 1 N–H and O–H groups in total. The molecule has 0 unspecified atom stereocenters. The van der Waals surface area contributed by atoms with Crippen LogP contribution in [-0.4, -0.2) is 15.5 Å². The second-order valence-corrected chi connectivity index (χ2v) is 8.98. The number of hydrogen-bond donors (Lipinski definition) is 1. The monoisotopic (exact) mass is 455 g/mol. The number of thiophene rings is 1. The van der Waals surface area contributed by atoms with Crippen LogP contribution in [0.25, 0.3) is 20.7 Å². The molecule has 0 saturated heterocycles. The third-order valence-electron chi connectivity index (χ3n) is 5.40. The molecule has 3 aromatic heterocycles. The Morgan fingerprint density at radius 2 is 1.79 bits per heavy atom. The molecule has 7 heteroatoms. The number of furan rings is 1. The standard InChI is InChI=1S/C26H21N3O3S/c1-16-3-6-18(7-4-16)14-29-15-27-26(31)24-21(29)13-23(33-24)19-8-10-20(11-9-19)28-25(30)22-12-5-17(2)32-22/h3-13,15H,14H2,1-2H3,(H,28,30). The van der Waals surface area contributed by atoms with Crippen LogP contribution in [0.15, 0.2) is 82.3 Å². The lowest BCUT2D eigenvalue weighted by molar-refractivity contribution is 0.0995. The predicted octanol–water partition coefficient (Wildman–Crippen LogP) is 5.64. The average molecular weight is 456 g/mol. The largest absolute Gasteiger partial charge is 0.456 e.